The van der Waals surface area contributed by atoms with Gasteiger partial charge in [-0.05, 0) is 30.2 Å². The van der Waals surface area contributed by atoms with E-state index in [0.717, 1.165) is 30.9 Å². The summed E-state index contributed by atoms with van der Waals surface area (Å²) >= 11 is 0. The fourth-order valence-corrected chi connectivity index (χ4v) is 2.88. The SMILES string of the molecule is COC1=CC[C@@]2(C=[C+]1)CCNc1ccc(OC)cc12.[C-]#[O+].[C-]#[O+].[C-]#[O+].[Fe+3]. The van der Waals surface area contributed by atoms with E-state index >= 15 is 0 Å². The Morgan fingerprint density at radius 1 is 1.08 bits per heavy atom. The molecule has 0 saturated heterocycles. The van der Waals surface area contributed by atoms with E-state index in [1.807, 2.05) is 6.07 Å². The molecule has 0 bridgehead atoms. The first-order valence-electron chi connectivity index (χ1n) is 7.16. The average molecular weight is 396 g/mol. The fraction of sp³-hybridized carbons (Fsp3) is 0.316. The van der Waals surface area contributed by atoms with Crippen LogP contribution in [0.1, 0.15) is 18.4 Å². The van der Waals surface area contributed by atoms with E-state index in [9.17, 15) is 0 Å². The van der Waals surface area contributed by atoms with Gasteiger partial charge in [0.1, 0.15) is 11.8 Å². The molecule has 6 nitrogen and oxygen atoms in total. The maximum Gasteiger partial charge on any atom is 3.00 e. The minimum absolute atomic E-state index is 0. The van der Waals surface area contributed by atoms with Gasteiger partial charge in [-0.1, -0.05) is 0 Å². The summed E-state index contributed by atoms with van der Waals surface area (Å²) in [4.78, 5) is 0. The summed E-state index contributed by atoms with van der Waals surface area (Å²) in [5.74, 6) is 1.73. The zero-order valence-electron chi connectivity index (χ0n) is 14.4. The second-order valence-electron chi connectivity index (χ2n) is 5.01. The number of hydrogen-bond donors (Lipinski definition) is 1. The van der Waals surface area contributed by atoms with Crippen LogP contribution in [0.4, 0.5) is 5.69 Å². The standard InChI is InChI=1S/C16H18NO2.3CO.Fe/c1-18-12-5-7-16(8-6-12)9-10-17-15-4-3-13(19-2)11-14(15)16;3*1-2;/h3-5,8,11,17H,7,9-10H2,1-2H3;;;;/q+1;;;;+3/t16-;;;;/m1..../s1. The van der Waals surface area contributed by atoms with Crippen molar-refractivity contribution in [3.05, 3.63) is 67.7 Å². The molecular weight excluding hydrogens is 378 g/mol. The smallest absolute Gasteiger partial charge is 3.00 e. The number of allylic oxidation sites excluding steroid dienone is 3. The quantitative estimate of drug-likeness (QED) is 0.474. The molecule has 1 radical (unpaired) electrons. The van der Waals surface area contributed by atoms with Crippen LogP contribution >= 0.6 is 0 Å². The third kappa shape index (κ3) is 5.93. The molecule has 1 atom stereocenters. The molecule has 133 valence electrons. The molecule has 7 heteroatoms. The molecule has 0 fully saturated rings. The predicted octanol–water partition coefficient (Wildman–Crippen LogP) is 2.93. The minimum Gasteiger partial charge on any atom is 3.00 e. The van der Waals surface area contributed by atoms with Gasteiger partial charge in [0.05, 0.1) is 38.2 Å². The largest absolute Gasteiger partial charge is 3.00 e. The Morgan fingerprint density at radius 2 is 1.73 bits per heavy atom. The van der Waals surface area contributed by atoms with Crippen LogP contribution in [0.5, 0.6) is 5.75 Å². The van der Waals surface area contributed by atoms with Gasteiger partial charge in [0.25, 0.3) is 0 Å². The molecule has 1 N–H and O–H groups in total. The van der Waals surface area contributed by atoms with Gasteiger partial charge in [-0.2, -0.15) is 0 Å². The number of nitrogens with one attached hydrogen (secondary N) is 1. The molecule has 1 aliphatic heterocycles. The van der Waals surface area contributed by atoms with Gasteiger partial charge in [-0.15, -0.1) is 0 Å². The van der Waals surface area contributed by atoms with Gasteiger partial charge >= 0.3 is 56.7 Å². The summed E-state index contributed by atoms with van der Waals surface area (Å²) in [6.45, 7) is 14.5. The molecular formula is C19H18FeNO5+4. The van der Waals surface area contributed by atoms with Gasteiger partial charge in [-0.3, -0.25) is 0 Å². The van der Waals surface area contributed by atoms with E-state index in [-0.39, 0.29) is 22.5 Å². The van der Waals surface area contributed by atoms with Crippen molar-refractivity contribution in [3.8, 4) is 5.75 Å². The number of methoxy groups -OCH3 is 2. The van der Waals surface area contributed by atoms with E-state index in [1.54, 1.807) is 14.2 Å². The van der Waals surface area contributed by atoms with Gasteiger partial charge in [0.15, 0.2) is 0 Å². The van der Waals surface area contributed by atoms with Crippen molar-refractivity contribution in [2.24, 2.45) is 0 Å². The van der Waals surface area contributed by atoms with Gasteiger partial charge in [0.2, 0.25) is 0 Å². The van der Waals surface area contributed by atoms with E-state index in [0.29, 0.717) is 0 Å². The van der Waals surface area contributed by atoms with Crippen molar-refractivity contribution in [1.82, 2.24) is 0 Å². The first-order valence-corrected chi connectivity index (χ1v) is 7.16. The Morgan fingerprint density at radius 3 is 2.23 bits per heavy atom. The van der Waals surface area contributed by atoms with Crippen LogP contribution in [0.15, 0.2) is 36.1 Å². The van der Waals surface area contributed by atoms with Crippen molar-refractivity contribution >= 4 is 5.69 Å². The number of fused-ring (bicyclic) bond motifs is 2. The monoisotopic (exact) mass is 396 g/mol. The summed E-state index contributed by atoms with van der Waals surface area (Å²) in [5, 5.41) is 3.46. The van der Waals surface area contributed by atoms with Crippen molar-refractivity contribution in [3.63, 3.8) is 0 Å². The summed E-state index contributed by atoms with van der Waals surface area (Å²) in [6, 6.07) is 6.22. The summed E-state index contributed by atoms with van der Waals surface area (Å²) in [6.07, 6.45) is 9.54. The van der Waals surface area contributed by atoms with Crippen LogP contribution in [0.3, 0.4) is 0 Å². The minimum atomic E-state index is 0. The molecule has 1 spiro atoms. The van der Waals surface area contributed by atoms with Crippen LogP contribution in [0.2, 0.25) is 0 Å². The zero-order valence-corrected chi connectivity index (χ0v) is 15.5. The third-order valence-electron chi connectivity index (χ3n) is 4.01. The maximum absolute atomic E-state index is 7.50. The molecule has 1 heterocycles. The van der Waals surface area contributed by atoms with Crippen molar-refractivity contribution in [2.45, 2.75) is 18.3 Å². The van der Waals surface area contributed by atoms with Crippen LogP contribution in [-0.4, -0.2) is 20.8 Å². The first kappa shape index (κ1) is 26.0. The Balaban J connectivity index is 0. The number of rotatable bonds is 2. The normalized spacial score (nSPS) is 17.8. The number of benzene rings is 1. The van der Waals surface area contributed by atoms with Crippen LogP contribution < -0.4 is 10.1 Å². The van der Waals surface area contributed by atoms with Gasteiger partial charge < -0.3 is 14.8 Å². The van der Waals surface area contributed by atoms with Crippen LogP contribution in [0, 0.1) is 26.0 Å². The van der Waals surface area contributed by atoms with Crippen LogP contribution in [0.25, 0.3) is 0 Å². The first-order chi connectivity index (χ1) is 12.3. The topological polar surface area (TPSA) is 90.2 Å². The Kier molecular flexibility index (Phi) is 14.0. The fourth-order valence-electron chi connectivity index (χ4n) is 2.88. The molecule has 0 amide bonds. The molecule has 0 aromatic heterocycles. The van der Waals surface area contributed by atoms with Crippen molar-refractivity contribution in [2.75, 3.05) is 26.1 Å². The predicted molar refractivity (Wildman–Crippen MR) is 87.1 cm³/mol. The van der Waals surface area contributed by atoms with E-state index in [4.69, 9.17) is 23.4 Å². The summed E-state index contributed by atoms with van der Waals surface area (Å²) < 4.78 is 33.1. The zero-order chi connectivity index (χ0) is 19.3. The molecule has 1 aliphatic carbocycles. The molecule has 1 aromatic carbocycles. The van der Waals surface area contributed by atoms with Crippen molar-refractivity contribution < 1.29 is 40.5 Å². The molecule has 0 unspecified atom stereocenters. The molecule has 26 heavy (non-hydrogen) atoms. The van der Waals surface area contributed by atoms with Crippen LogP contribution in [-0.2, 0) is 41.2 Å². The maximum atomic E-state index is 7.50. The second-order valence-corrected chi connectivity index (χ2v) is 5.01. The molecule has 1 aromatic rings. The molecule has 3 rings (SSSR count). The van der Waals surface area contributed by atoms with E-state index in [1.165, 1.54) is 11.3 Å². The summed E-state index contributed by atoms with van der Waals surface area (Å²) in [5.41, 5.74) is 2.51. The van der Waals surface area contributed by atoms with Crippen molar-refractivity contribution in [1.29, 1.82) is 0 Å². The Bertz CT molecular complexity index is 664. The average Bonchev–Trinajstić information content (AvgIpc) is 2.73. The second kappa shape index (κ2) is 14.0. The third-order valence-corrected chi connectivity index (χ3v) is 4.01. The Labute approximate surface area is 164 Å². The molecule has 0 saturated carbocycles. The van der Waals surface area contributed by atoms with E-state index in [2.05, 4.69) is 55.6 Å². The number of anilines is 1. The molecule has 2 aliphatic rings. The Hall–Kier alpha value is -2.25. The summed E-state index contributed by atoms with van der Waals surface area (Å²) in [7, 11) is 3.39. The van der Waals surface area contributed by atoms with Gasteiger partial charge in [-0.25, -0.2) is 0 Å². The number of hydrogen-bond acceptors (Lipinski definition) is 3. The number of ether oxygens (including phenoxy) is 2. The van der Waals surface area contributed by atoms with Gasteiger partial charge in [0, 0.05) is 12.2 Å². The van der Waals surface area contributed by atoms with E-state index < -0.39 is 0 Å².